The number of carbonyl (C=O) groups excluding carboxylic acids is 6. The number of aryl methyl sites for hydroxylation is 1. The van der Waals surface area contributed by atoms with Crippen molar-refractivity contribution in [1.29, 1.82) is 0 Å². The van der Waals surface area contributed by atoms with E-state index in [-0.39, 0.29) is 78.3 Å². The van der Waals surface area contributed by atoms with Crippen LogP contribution in [0.25, 0.3) is 0 Å². The number of nitrogens with zero attached hydrogens (tertiary/aromatic N) is 5. The van der Waals surface area contributed by atoms with E-state index in [9.17, 15) is 28.8 Å². The van der Waals surface area contributed by atoms with E-state index in [1.54, 1.807) is 34.8 Å². The molecule has 0 aromatic heterocycles. The van der Waals surface area contributed by atoms with Crippen molar-refractivity contribution in [3.05, 3.63) is 142 Å². The van der Waals surface area contributed by atoms with Crippen LogP contribution in [0.2, 0.25) is 0 Å². The lowest BCUT2D eigenvalue weighted by Crippen LogP contribution is -2.41. The summed E-state index contributed by atoms with van der Waals surface area (Å²) in [5, 5.41) is 3.15. The molecule has 5 heterocycles. The van der Waals surface area contributed by atoms with Gasteiger partial charge in [0.1, 0.15) is 24.7 Å². The van der Waals surface area contributed by atoms with Crippen molar-refractivity contribution < 1.29 is 43.0 Å². The molecule has 0 aliphatic carbocycles. The van der Waals surface area contributed by atoms with Gasteiger partial charge in [0.15, 0.2) is 11.5 Å². The smallest absolute Gasteiger partial charge is 0.260 e. The van der Waals surface area contributed by atoms with Crippen LogP contribution in [0.3, 0.4) is 0 Å². The summed E-state index contributed by atoms with van der Waals surface area (Å²) in [5.41, 5.74) is 9.94. The molecule has 0 saturated heterocycles. The topological polar surface area (TPSA) is 158 Å². The van der Waals surface area contributed by atoms with Crippen molar-refractivity contribution in [1.82, 2.24) is 4.90 Å². The first-order valence-corrected chi connectivity index (χ1v) is 29.0. The van der Waals surface area contributed by atoms with E-state index >= 15 is 0 Å². The Morgan fingerprint density at radius 2 is 1.22 bits per heavy atom. The molecule has 78 heavy (non-hydrogen) atoms. The molecular formula is C61H66N6O9S2. The van der Waals surface area contributed by atoms with Crippen LogP contribution in [0.1, 0.15) is 101 Å². The van der Waals surface area contributed by atoms with Crippen LogP contribution >= 0.6 is 21.6 Å². The van der Waals surface area contributed by atoms with Crippen molar-refractivity contribution in [2.75, 3.05) is 71.5 Å². The molecule has 5 amide bonds. The Bertz CT molecular complexity index is 3220. The fourth-order valence-electron chi connectivity index (χ4n) is 11.2. The Kier molecular flexibility index (Phi) is 16.0. The number of nitrogens with one attached hydrogen (secondary N) is 1. The number of methoxy groups -OCH3 is 1. The standard InChI is InChI=1S/C61H66N6O9S2/c1-38-25-47-51(63(4)34-44-29-41-13-7-9-17-49(41)66(44)59(47)72)32-53(38)75-36-39-26-40(37-76-55-33-52-48(31-54(55)74-6)60(73)67-45(35-64(52)5)30-42-14-8-10-18-50(42)67)28-43(27-39)62-56(69)21-22-61(2,3)78-77-24-12-16-46(68)15-11-23-65-57(70)19-20-58(65)71/h7-10,13-14,17-20,25-28,31-33,44-45H,11-12,15-16,21-24,29-30,34-37H2,1-6H3,(H,62,69)/t44-,45-/m0/s1. The van der Waals surface area contributed by atoms with Gasteiger partial charge in [-0.25, -0.2) is 0 Å². The maximum Gasteiger partial charge on any atom is 0.260 e. The van der Waals surface area contributed by atoms with Gasteiger partial charge >= 0.3 is 0 Å². The molecule has 0 bridgehead atoms. The number of ketones is 1. The second kappa shape index (κ2) is 23.0. The molecule has 2 atom stereocenters. The van der Waals surface area contributed by atoms with Gasteiger partial charge in [-0.2, -0.15) is 0 Å². The van der Waals surface area contributed by atoms with Gasteiger partial charge in [-0.15, -0.1) is 0 Å². The molecule has 406 valence electrons. The second-order valence-corrected chi connectivity index (χ2v) is 24.6. The maximum atomic E-state index is 14.3. The fourth-order valence-corrected chi connectivity index (χ4v) is 13.9. The van der Waals surface area contributed by atoms with Gasteiger partial charge in [-0.1, -0.05) is 58.0 Å². The highest BCUT2D eigenvalue weighted by molar-refractivity contribution is 8.77. The van der Waals surface area contributed by atoms with Crippen LogP contribution in [0.15, 0.2) is 103 Å². The van der Waals surface area contributed by atoms with Crippen molar-refractivity contribution in [3.8, 4) is 17.2 Å². The number of anilines is 5. The summed E-state index contributed by atoms with van der Waals surface area (Å²) in [6.45, 7) is 8.01. The molecule has 5 aliphatic heterocycles. The van der Waals surface area contributed by atoms with Crippen molar-refractivity contribution >= 4 is 85.3 Å². The number of benzene rings is 5. The summed E-state index contributed by atoms with van der Waals surface area (Å²) in [6.07, 6.45) is 6.88. The minimum absolute atomic E-state index is 0.0154. The van der Waals surface area contributed by atoms with E-state index in [2.05, 4.69) is 41.1 Å². The molecule has 10 rings (SSSR count). The number of amides is 5. The first-order valence-electron chi connectivity index (χ1n) is 26.7. The van der Waals surface area contributed by atoms with E-state index in [1.807, 2.05) is 104 Å². The number of ether oxygens (including phenoxy) is 3. The Hall–Kier alpha value is -7.24. The molecule has 0 radical (unpaired) electrons. The third-order valence-corrected chi connectivity index (χ3v) is 18.6. The highest BCUT2D eigenvalue weighted by Gasteiger charge is 2.41. The van der Waals surface area contributed by atoms with Crippen LogP contribution in [0.4, 0.5) is 28.4 Å². The zero-order valence-electron chi connectivity index (χ0n) is 45.1. The number of hydrogen-bond acceptors (Lipinski definition) is 13. The highest BCUT2D eigenvalue weighted by Crippen LogP contribution is 2.44. The quantitative estimate of drug-likeness (QED) is 0.0421. The van der Waals surface area contributed by atoms with Gasteiger partial charge in [0.05, 0.1) is 41.7 Å². The minimum atomic E-state index is -0.331. The van der Waals surface area contributed by atoms with Crippen LogP contribution in [0.5, 0.6) is 17.2 Å². The Morgan fingerprint density at radius 1 is 0.667 bits per heavy atom. The van der Waals surface area contributed by atoms with Gasteiger partial charge in [0.2, 0.25) is 5.91 Å². The van der Waals surface area contributed by atoms with Crippen molar-refractivity contribution in [3.63, 3.8) is 0 Å². The van der Waals surface area contributed by atoms with E-state index in [4.69, 9.17) is 14.2 Å². The summed E-state index contributed by atoms with van der Waals surface area (Å²) < 4.78 is 18.8. The molecule has 5 aliphatic rings. The van der Waals surface area contributed by atoms with E-state index < -0.39 is 0 Å². The predicted molar refractivity (Wildman–Crippen MR) is 309 cm³/mol. The number of imide groups is 1. The monoisotopic (exact) mass is 1090 g/mol. The normalized spacial score (nSPS) is 17.3. The second-order valence-electron chi connectivity index (χ2n) is 21.5. The first-order chi connectivity index (χ1) is 37.5. The van der Waals surface area contributed by atoms with Gasteiger partial charge in [0.25, 0.3) is 23.6 Å². The fraction of sp³-hybridized carbons (Fsp3) is 0.377. The zero-order chi connectivity index (χ0) is 54.8. The molecule has 5 aromatic rings. The number of carbonyl (C=O) groups is 6. The molecule has 5 aromatic carbocycles. The van der Waals surface area contributed by atoms with Crippen LogP contribution in [0, 0.1) is 6.92 Å². The highest BCUT2D eigenvalue weighted by atomic mass is 33.1. The summed E-state index contributed by atoms with van der Waals surface area (Å²) in [7, 11) is 8.97. The number of rotatable bonds is 21. The molecule has 17 heteroatoms. The molecule has 0 fully saturated rings. The van der Waals surface area contributed by atoms with Gasteiger partial charge in [-0.05, 0) is 123 Å². The Balaban J connectivity index is 0.816. The van der Waals surface area contributed by atoms with Gasteiger partial charge in [-0.3, -0.25) is 33.7 Å². The molecule has 1 N–H and O–H groups in total. The number of para-hydroxylation sites is 2. The summed E-state index contributed by atoms with van der Waals surface area (Å²) in [4.78, 5) is 87.7. The minimum Gasteiger partial charge on any atom is -0.493 e. The molecule has 15 nitrogen and oxygen atoms in total. The summed E-state index contributed by atoms with van der Waals surface area (Å²) in [5.74, 6) is 1.52. The van der Waals surface area contributed by atoms with Crippen LogP contribution in [-0.2, 0) is 45.2 Å². The average molecular weight is 1090 g/mol. The molecule has 0 saturated carbocycles. The number of Topliss-reactive ketones (excluding diaryl/α,β-unsaturated/α-hetero) is 1. The Labute approximate surface area is 464 Å². The summed E-state index contributed by atoms with van der Waals surface area (Å²) >= 11 is 0. The van der Waals surface area contributed by atoms with Crippen molar-refractivity contribution in [2.24, 2.45) is 0 Å². The number of fused-ring (bicyclic) bond motifs is 8. The van der Waals surface area contributed by atoms with E-state index in [1.165, 1.54) is 17.7 Å². The average Bonchev–Trinajstić information content (AvgIpc) is 4.28. The number of likely N-dealkylation sites (N-methyl/N-ethyl adjacent to an activating group) is 2. The lowest BCUT2D eigenvalue weighted by Gasteiger charge is -2.25. The maximum absolute atomic E-state index is 14.3. The predicted octanol–water partition coefficient (Wildman–Crippen LogP) is 10.1. The zero-order valence-corrected chi connectivity index (χ0v) is 46.7. The van der Waals surface area contributed by atoms with E-state index in [0.717, 1.165) is 68.5 Å². The SMILES string of the molecule is COc1cc2c(cc1OCc1cc(COc3cc4c(cc3C)C(=O)N3c5ccccc5C[C@H]3CN4C)cc(NC(=O)CCC(C)(C)SSCCCC(=O)CCCN3C(=O)C=CC3=O)c1)N(C)C[C@@H]1Cc3ccccc3N1C2=O. The van der Waals surface area contributed by atoms with Gasteiger partial charge in [0, 0.05) is 105 Å². The number of hydrogen-bond donors (Lipinski definition) is 1. The van der Waals surface area contributed by atoms with Gasteiger partial charge < -0.3 is 39.1 Å². The molecule has 0 spiro atoms. The Morgan fingerprint density at radius 3 is 1.82 bits per heavy atom. The van der Waals surface area contributed by atoms with Crippen LogP contribution < -0.4 is 39.1 Å². The van der Waals surface area contributed by atoms with E-state index in [0.29, 0.717) is 79.3 Å². The third kappa shape index (κ3) is 11.6. The van der Waals surface area contributed by atoms with Crippen LogP contribution in [-0.4, -0.2) is 104 Å². The summed E-state index contributed by atoms with van der Waals surface area (Å²) in [6, 6.07) is 29.5. The lowest BCUT2D eigenvalue weighted by molar-refractivity contribution is -0.137. The third-order valence-electron chi connectivity index (χ3n) is 15.2. The first kappa shape index (κ1) is 54.1. The lowest BCUT2D eigenvalue weighted by atomic mass is 10.1. The van der Waals surface area contributed by atoms with Crippen molar-refractivity contribution in [2.45, 2.75) is 102 Å². The molecular weight excluding hydrogens is 1020 g/mol. The molecule has 0 unspecified atom stereocenters. The largest absolute Gasteiger partial charge is 0.493 e.